The normalized spacial score (nSPS) is 12.6. The van der Waals surface area contributed by atoms with Gasteiger partial charge in [0.1, 0.15) is 0 Å². The van der Waals surface area contributed by atoms with Crippen molar-refractivity contribution in [3.63, 3.8) is 0 Å². The van der Waals surface area contributed by atoms with Gasteiger partial charge >= 0.3 is 0 Å². The molecule has 0 aliphatic rings. The summed E-state index contributed by atoms with van der Waals surface area (Å²) in [4.78, 5) is 0. The molecule has 0 radical (unpaired) electrons. The highest BCUT2D eigenvalue weighted by Gasteiger charge is 2.15. The lowest BCUT2D eigenvalue weighted by atomic mass is 9.99. The molecule has 108 valence electrons. The molecule has 0 aliphatic heterocycles. The van der Waals surface area contributed by atoms with Crippen molar-refractivity contribution >= 4 is 0 Å². The van der Waals surface area contributed by atoms with Gasteiger partial charge in [0.25, 0.3) is 0 Å². The molecule has 1 N–H and O–H groups in total. The summed E-state index contributed by atoms with van der Waals surface area (Å²) in [6.45, 7) is 2.92. The average molecular weight is 279 g/mol. The molecule has 0 aliphatic carbocycles. The average Bonchev–Trinajstić information content (AvgIpc) is 2.94. The summed E-state index contributed by atoms with van der Waals surface area (Å²) in [5.41, 5.74) is 1.46. The Hall–Kier alpha value is -1.68. The third-order valence-corrected chi connectivity index (χ3v) is 3.24. The molecule has 0 saturated carbocycles. The lowest BCUT2D eigenvalue weighted by Gasteiger charge is -2.18. The summed E-state index contributed by atoms with van der Waals surface area (Å²) >= 11 is 0. The predicted octanol–water partition coefficient (Wildman–Crippen LogP) is 3.71. The van der Waals surface area contributed by atoms with Crippen molar-refractivity contribution in [2.45, 2.75) is 32.2 Å². The molecular weight excluding hydrogens is 260 g/mol. The summed E-state index contributed by atoms with van der Waals surface area (Å²) in [6, 6.07) is 6.27. The molecule has 2 rings (SSSR count). The smallest absolute Gasteiger partial charge is 0.162 e. The van der Waals surface area contributed by atoms with E-state index in [1.807, 2.05) is 6.07 Å². The fourth-order valence-electron chi connectivity index (χ4n) is 2.23. The molecule has 1 heterocycles. The van der Waals surface area contributed by atoms with Gasteiger partial charge in [0, 0.05) is 6.04 Å². The van der Waals surface area contributed by atoms with Crippen molar-refractivity contribution in [2.75, 3.05) is 6.54 Å². The third kappa shape index (κ3) is 3.90. The van der Waals surface area contributed by atoms with Crippen LogP contribution in [0.4, 0.5) is 8.78 Å². The molecular formula is C16H19F2NO. The number of hydrogen-bond acceptors (Lipinski definition) is 2. The van der Waals surface area contributed by atoms with Crippen molar-refractivity contribution in [3.8, 4) is 0 Å². The van der Waals surface area contributed by atoms with Crippen molar-refractivity contribution in [2.24, 2.45) is 0 Å². The Morgan fingerprint density at radius 2 is 2.05 bits per heavy atom. The van der Waals surface area contributed by atoms with E-state index in [9.17, 15) is 8.78 Å². The van der Waals surface area contributed by atoms with E-state index in [1.165, 1.54) is 0 Å². The van der Waals surface area contributed by atoms with Gasteiger partial charge in [-0.2, -0.15) is 0 Å². The number of benzene rings is 1. The molecule has 0 saturated heterocycles. The molecule has 0 fully saturated rings. The van der Waals surface area contributed by atoms with Crippen LogP contribution in [0.15, 0.2) is 41.2 Å². The SMILES string of the molecule is CCCNC(Cc1ccoc1)Cc1cccc(F)c1F. The first kappa shape index (κ1) is 14.7. The molecule has 1 aromatic carbocycles. The zero-order valence-corrected chi connectivity index (χ0v) is 11.5. The van der Waals surface area contributed by atoms with Gasteiger partial charge < -0.3 is 9.73 Å². The summed E-state index contributed by atoms with van der Waals surface area (Å²) in [5, 5.41) is 3.37. The number of nitrogens with one attached hydrogen (secondary N) is 1. The second-order valence-electron chi connectivity index (χ2n) is 4.90. The van der Waals surface area contributed by atoms with E-state index in [4.69, 9.17) is 4.42 Å². The maximum Gasteiger partial charge on any atom is 0.162 e. The highest BCUT2D eigenvalue weighted by Crippen LogP contribution is 2.15. The molecule has 1 atom stereocenters. The Morgan fingerprint density at radius 3 is 2.75 bits per heavy atom. The van der Waals surface area contributed by atoms with Gasteiger partial charge in [-0.15, -0.1) is 0 Å². The summed E-state index contributed by atoms with van der Waals surface area (Å²) in [6.07, 6.45) is 5.48. The first-order valence-corrected chi connectivity index (χ1v) is 6.88. The summed E-state index contributed by atoms with van der Waals surface area (Å²) in [5.74, 6) is -1.54. The van der Waals surface area contributed by atoms with Crippen molar-refractivity contribution in [1.29, 1.82) is 0 Å². The monoisotopic (exact) mass is 279 g/mol. The van der Waals surface area contributed by atoms with Crippen molar-refractivity contribution in [1.82, 2.24) is 5.32 Å². The van der Waals surface area contributed by atoms with Crippen molar-refractivity contribution in [3.05, 3.63) is 59.6 Å². The first-order valence-electron chi connectivity index (χ1n) is 6.88. The minimum atomic E-state index is -0.792. The highest BCUT2D eigenvalue weighted by molar-refractivity contribution is 5.21. The van der Waals surface area contributed by atoms with Crippen LogP contribution < -0.4 is 5.32 Å². The maximum atomic E-state index is 13.7. The lowest BCUT2D eigenvalue weighted by Crippen LogP contribution is -2.34. The molecule has 0 spiro atoms. The van der Waals surface area contributed by atoms with Gasteiger partial charge in [-0.25, -0.2) is 8.78 Å². The van der Waals surface area contributed by atoms with E-state index in [0.717, 1.165) is 31.0 Å². The van der Waals surface area contributed by atoms with Gasteiger partial charge in [-0.05, 0) is 49.1 Å². The number of halogens is 2. The fraction of sp³-hybridized carbons (Fsp3) is 0.375. The Labute approximate surface area is 117 Å². The van der Waals surface area contributed by atoms with Gasteiger partial charge in [-0.1, -0.05) is 19.1 Å². The van der Waals surface area contributed by atoms with Gasteiger partial charge in [0.2, 0.25) is 0 Å². The van der Waals surface area contributed by atoms with Crippen LogP contribution in [0.5, 0.6) is 0 Å². The molecule has 0 amide bonds. The van der Waals surface area contributed by atoms with Crippen LogP contribution >= 0.6 is 0 Å². The van der Waals surface area contributed by atoms with E-state index in [2.05, 4.69) is 12.2 Å². The van der Waals surface area contributed by atoms with Crippen LogP contribution in [-0.4, -0.2) is 12.6 Å². The molecule has 0 bridgehead atoms. The number of furan rings is 1. The van der Waals surface area contributed by atoms with Gasteiger partial charge in [0.15, 0.2) is 11.6 Å². The van der Waals surface area contributed by atoms with E-state index >= 15 is 0 Å². The van der Waals surface area contributed by atoms with E-state index < -0.39 is 11.6 Å². The zero-order valence-electron chi connectivity index (χ0n) is 11.5. The Morgan fingerprint density at radius 1 is 1.20 bits per heavy atom. The van der Waals surface area contributed by atoms with Crippen molar-refractivity contribution < 1.29 is 13.2 Å². The standard InChI is InChI=1S/C16H19F2NO/c1-2-7-19-14(9-12-6-8-20-11-12)10-13-4-3-5-15(17)16(13)18/h3-6,8,11,14,19H,2,7,9-10H2,1H3. The number of rotatable bonds is 7. The Bertz CT molecular complexity index is 525. The summed E-state index contributed by atoms with van der Waals surface area (Å²) in [7, 11) is 0. The largest absolute Gasteiger partial charge is 0.472 e. The van der Waals surface area contributed by atoms with E-state index in [1.54, 1.807) is 24.7 Å². The summed E-state index contributed by atoms with van der Waals surface area (Å²) < 4.78 is 32.0. The van der Waals surface area contributed by atoms with Crippen LogP contribution in [0.25, 0.3) is 0 Å². The van der Waals surface area contributed by atoms with Gasteiger partial charge in [-0.3, -0.25) is 0 Å². The molecule has 20 heavy (non-hydrogen) atoms. The minimum absolute atomic E-state index is 0.0591. The van der Waals surface area contributed by atoms with Crippen LogP contribution in [-0.2, 0) is 12.8 Å². The van der Waals surface area contributed by atoms with E-state index in [0.29, 0.717) is 12.0 Å². The maximum absolute atomic E-state index is 13.7. The molecule has 2 aromatic rings. The quantitative estimate of drug-likeness (QED) is 0.835. The molecule has 1 unspecified atom stereocenters. The minimum Gasteiger partial charge on any atom is -0.472 e. The second kappa shape index (κ2) is 7.20. The van der Waals surface area contributed by atoms with E-state index in [-0.39, 0.29) is 6.04 Å². The third-order valence-electron chi connectivity index (χ3n) is 3.24. The van der Waals surface area contributed by atoms with Gasteiger partial charge in [0.05, 0.1) is 12.5 Å². The topological polar surface area (TPSA) is 25.2 Å². The Kier molecular flexibility index (Phi) is 5.30. The lowest BCUT2D eigenvalue weighted by molar-refractivity contribution is 0.466. The number of hydrogen-bond donors (Lipinski definition) is 1. The zero-order chi connectivity index (χ0) is 14.4. The molecule has 2 nitrogen and oxygen atoms in total. The van der Waals surface area contributed by atoms with Crippen LogP contribution in [0.2, 0.25) is 0 Å². The van der Waals surface area contributed by atoms with Crippen LogP contribution in [0.3, 0.4) is 0 Å². The first-order chi connectivity index (χ1) is 9.70. The second-order valence-corrected chi connectivity index (χ2v) is 4.90. The molecule has 1 aromatic heterocycles. The Balaban J connectivity index is 2.08. The molecule has 4 heteroatoms. The highest BCUT2D eigenvalue weighted by atomic mass is 19.2. The van der Waals surface area contributed by atoms with Crippen LogP contribution in [0, 0.1) is 11.6 Å². The fourth-order valence-corrected chi connectivity index (χ4v) is 2.23. The predicted molar refractivity (Wildman–Crippen MR) is 74.6 cm³/mol. The van der Waals surface area contributed by atoms with Crippen LogP contribution in [0.1, 0.15) is 24.5 Å².